The van der Waals surface area contributed by atoms with E-state index < -0.39 is 0 Å². The number of aryl methyl sites for hydroxylation is 3. The van der Waals surface area contributed by atoms with Crippen molar-refractivity contribution in [2.75, 3.05) is 7.05 Å². The highest BCUT2D eigenvalue weighted by molar-refractivity contribution is 6.32. The van der Waals surface area contributed by atoms with Crippen LogP contribution in [0.4, 0.5) is 0 Å². The second-order valence-corrected chi connectivity index (χ2v) is 5.49. The molecule has 0 spiro atoms. The molecular weight excluding hydrogens is 270 g/mol. The maximum absolute atomic E-state index is 6.45. The van der Waals surface area contributed by atoms with E-state index in [1.54, 1.807) is 0 Å². The van der Waals surface area contributed by atoms with Gasteiger partial charge >= 0.3 is 0 Å². The molecular formula is C16H22ClN3. The van der Waals surface area contributed by atoms with Gasteiger partial charge in [0.1, 0.15) is 0 Å². The minimum absolute atomic E-state index is 0.198. The SMILES string of the molecule is CCn1nc(C)cc1CC(NC)c1cccc(C)c1Cl. The first kappa shape index (κ1) is 15.1. The van der Waals surface area contributed by atoms with Gasteiger partial charge in [-0.05, 0) is 45.0 Å². The third kappa shape index (κ3) is 3.05. The Morgan fingerprint density at radius 3 is 2.75 bits per heavy atom. The van der Waals surface area contributed by atoms with Crippen LogP contribution in [0.25, 0.3) is 0 Å². The summed E-state index contributed by atoms with van der Waals surface area (Å²) in [6.07, 6.45) is 0.883. The van der Waals surface area contributed by atoms with Gasteiger partial charge in [0, 0.05) is 29.7 Å². The molecule has 4 heteroatoms. The highest BCUT2D eigenvalue weighted by atomic mass is 35.5. The summed E-state index contributed by atoms with van der Waals surface area (Å²) in [6.45, 7) is 7.08. The van der Waals surface area contributed by atoms with Gasteiger partial charge in [-0.25, -0.2) is 0 Å². The van der Waals surface area contributed by atoms with Crippen molar-refractivity contribution in [3.05, 3.63) is 51.8 Å². The Hall–Kier alpha value is -1.32. The molecule has 3 nitrogen and oxygen atoms in total. The molecule has 0 saturated carbocycles. The summed E-state index contributed by atoms with van der Waals surface area (Å²) in [5.41, 5.74) is 4.56. The van der Waals surface area contributed by atoms with Gasteiger partial charge in [0.2, 0.25) is 0 Å². The summed E-state index contributed by atoms with van der Waals surface area (Å²) in [5.74, 6) is 0. The molecule has 2 rings (SSSR count). The highest BCUT2D eigenvalue weighted by Gasteiger charge is 2.17. The Bertz CT molecular complexity index is 589. The van der Waals surface area contributed by atoms with Gasteiger partial charge in [-0.2, -0.15) is 5.10 Å². The van der Waals surface area contributed by atoms with Crippen molar-refractivity contribution in [3.63, 3.8) is 0 Å². The van der Waals surface area contributed by atoms with E-state index in [0.717, 1.165) is 34.8 Å². The summed E-state index contributed by atoms with van der Waals surface area (Å²) in [7, 11) is 1.98. The monoisotopic (exact) mass is 291 g/mol. The highest BCUT2D eigenvalue weighted by Crippen LogP contribution is 2.28. The summed E-state index contributed by atoms with van der Waals surface area (Å²) in [6, 6.07) is 8.54. The number of rotatable bonds is 5. The number of likely N-dealkylation sites (N-methyl/N-ethyl adjacent to an activating group) is 1. The van der Waals surface area contributed by atoms with E-state index in [-0.39, 0.29) is 6.04 Å². The molecule has 1 aromatic heterocycles. The molecule has 0 amide bonds. The van der Waals surface area contributed by atoms with Crippen LogP contribution in [-0.2, 0) is 13.0 Å². The molecule has 0 aliphatic heterocycles. The van der Waals surface area contributed by atoms with Crippen LogP contribution in [0.15, 0.2) is 24.3 Å². The van der Waals surface area contributed by atoms with Crippen molar-refractivity contribution in [1.82, 2.24) is 15.1 Å². The van der Waals surface area contributed by atoms with Crippen LogP contribution in [0, 0.1) is 13.8 Å². The average molecular weight is 292 g/mol. The smallest absolute Gasteiger partial charge is 0.0596 e. The first-order valence-corrected chi connectivity index (χ1v) is 7.40. The van der Waals surface area contributed by atoms with E-state index in [2.05, 4.69) is 40.2 Å². The van der Waals surface area contributed by atoms with Crippen molar-refractivity contribution in [3.8, 4) is 0 Å². The Morgan fingerprint density at radius 1 is 1.35 bits per heavy atom. The maximum Gasteiger partial charge on any atom is 0.0596 e. The first-order chi connectivity index (χ1) is 9.56. The number of hydrogen-bond donors (Lipinski definition) is 1. The molecule has 0 aliphatic carbocycles. The molecule has 1 aromatic carbocycles. The molecule has 0 radical (unpaired) electrons. The second-order valence-electron chi connectivity index (χ2n) is 5.12. The van der Waals surface area contributed by atoms with E-state index >= 15 is 0 Å². The Labute approximate surface area is 126 Å². The Morgan fingerprint density at radius 2 is 2.10 bits per heavy atom. The largest absolute Gasteiger partial charge is 0.313 e. The summed E-state index contributed by atoms with van der Waals surface area (Å²) >= 11 is 6.45. The molecule has 0 saturated heterocycles. The van der Waals surface area contributed by atoms with Crippen LogP contribution in [-0.4, -0.2) is 16.8 Å². The van der Waals surface area contributed by atoms with Gasteiger partial charge in [0.25, 0.3) is 0 Å². The van der Waals surface area contributed by atoms with E-state index in [4.69, 9.17) is 11.6 Å². The number of nitrogens with zero attached hydrogens (tertiary/aromatic N) is 2. The van der Waals surface area contributed by atoms with Gasteiger partial charge in [-0.1, -0.05) is 29.8 Å². The lowest BCUT2D eigenvalue weighted by Crippen LogP contribution is -2.21. The molecule has 1 heterocycles. The predicted octanol–water partition coefficient (Wildman–Crippen LogP) is 3.68. The van der Waals surface area contributed by atoms with Crippen LogP contribution in [0.3, 0.4) is 0 Å². The molecule has 20 heavy (non-hydrogen) atoms. The Balaban J connectivity index is 2.31. The molecule has 0 fully saturated rings. The van der Waals surface area contributed by atoms with Gasteiger partial charge in [-0.3, -0.25) is 4.68 Å². The lowest BCUT2D eigenvalue weighted by molar-refractivity contribution is 0.541. The number of benzene rings is 1. The van der Waals surface area contributed by atoms with Gasteiger partial charge in [0.15, 0.2) is 0 Å². The normalized spacial score (nSPS) is 12.7. The molecule has 1 atom stereocenters. The van der Waals surface area contributed by atoms with Crippen LogP contribution in [0.2, 0.25) is 5.02 Å². The van der Waals surface area contributed by atoms with Crippen molar-refractivity contribution >= 4 is 11.6 Å². The molecule has 1 N–H and O–H groups in total. The van der Waals surface area contributed by atoms with Crippen molar-refractivity contribution in [1.29, 1.82) is 0 Å². The quantitative estimate of drug-likeness (QED) is 0.911. The zero-order valence-electron chi connectivity index (χ0n) is 12.6. The summed E-state index contributed by atoms with van der Waals surface area (Å²) in [5, 5.41) is 8.73. The van der Waals surface area contributed by atoms with Crippen LogP contribution in [0.5, 0.6) is 0 Å². The number of halogens is 1. The van der Waals surface area contributed by atoms with Crippen molar-refractivity contribution in [2.45, 2.75) is 39.8 Å². The van der Waals surface area contributed by atoms with Gasteiger partial charge < -0.3 is 5.32 Å². The van der Waals surface area contributed by atoms with E-state index in [1.807, 2.05) is 27.0 Å². The zero-order chi connectivity index (χ0) is 14.7. The number of aromatic nitrogens is 2. The van der Waals surface area contributed by atoms with E-state index in [9.17, 15) is 0 Å². The first-order valence-electron chi connectivity index (χ1n) is 7.02. The summed E-state index contributed by atoms with van der Waals surface area (Å²) < 4.78 is 2.06. The third-order valence-electron chi connectivity index (χ3n) is 3.64. The fraction of sp³-hybridized carbons (Fsp3) is 0.438. The zero-order valence-corrected chi connectivity index (χ0v) is 13.3. The average Bonchev–Trinajstić information content (AvgIpc) is 2.79. The van der Waals surface area contributed by atoms with Gasteiger partial charge in [0.05, 0.1) is 5.69 Å². The maximum atomic E-state index is 6.45. The number of hydrogen-bond acceptors (Lipinski definition) is 2. The van der Waals surface area contributed by atoms with E-state index in [0.29, 0.717) is 0 Å². The van der Waals surface area contributed by atoms with Gasteiger partial charge in [-0.15, -0.1) is 0 Å². The fourth-order valence-corrected chi connectivity index (χ4v) is 2.81. The minimum atomic E-state index is 0.198. The number of nitrogens with one attached hydrogen (secondary N) is 1. The standard InChI is InChI=1S/C16H22ClN3/c1-5-20-13(9-12(3)19-20)10-15(18-4)14-8-6-7-11(2)16(14)17/h6-9,15,18H,5,10H2,1-4H3. The van der Waals surface area contributed by atoms with E-state index in [1.165, 1.54) is 5.69 Å². The molecule has 108 valence electrons. The lowest BCUT2D eigenvalue weighted by atomic mass is 10.00. The second kappa shape index (κ2) is 6.42. The topological polar surface area (TPSA) is 29.9 Å². The molecule has 1 unspecified atom stereocenters. The molecule has 0 bridgehead atoms. The van der Waals surface area contributed by atoms with Crippen LogP contribution in [0.1, 0.15) is 35.5 Å². The van der Waals surface area contributed by atoms with Crippen molar-refractivity contribution < 1.29 is 0 Å². The molecule has 2 aromatic rings. The lowest BCUT2D eigenvalue weighted by Gasteiger charge is -2.19. The Kier molecular flexibility index (Phi) is 4.84. The predicted molar refractivity (Wildman–Crippen MR) is 84.3 cm³/mol. The fourth-order valence-electron chi connectivity index (χ4n) is 2.55. The molecule has 0 aliphatic rings. The van der Waals surface area contributed by atoms with Crippen molar-refractivity contribution in [2.24, 2.45) is 0 Å². The summed E-state index contributed by atoms with van der Waals surface area (Å²) in [4.78, 5) is 0. The van der Waals surface area contributed by atoms with Crippen LogP contribution < -0.4 is 5.32 Å². The third-order valence-corrected chi connectivity index (χ3v) is 4.16. The van der Waals surface area contributed by atoms with Crippen LogP contribution >= 0.6 is 11.6 Å². The minimum Gasteiger partial charge on any atom is -0.313 e.